The van der Waals surface area contributed by atoms with Crippen molar-refractivity contribution in [3.05, 3.63) is 36.5 Å². The van der Waals surface area contributed by atoms with Crippen molar-refractivity contribution in [1.82, 2.24) is 0 Å². The lowest BCUT2D eigenvalue weighted by Crippen LogP contribution is -2.30. The van der Waals surface area contributed by atoms with Crippen molar-refractivity contribution in [2.45, 2.75) is 406 Å². The first-order valence-electron chi connectivity index (χ1n) is 36.0. The minimum atomic E-state index is -0.781. The third-order valence-corrected chi connectivity index (χ3v) is 16.4. The fourth-order valence-electron chi connectivity index (χ4n) is 11.1. The summed E-state index contributed by atoms with van der Waals surface area (Å²) >= 11 is 0. The van der Waals surface area contributed by atoms with E-state index in [4.69, 9.17) is 14.2 Å². The lowest BCUT2D eigenvalue weighted by atomic mass is 10.0. The molecule has 470 valence electrons. The van der Waals surface area contributed by atoms with E-state index >= 15 is 0 Å². The summed E-state index contributed by atoms with van der Waals surface area (Å²) < 4.78 is 16.9. The molecule has 0 saturated heterocycles. The van der Waals surface area contributed by atoms with Crippen LogP contribution in [0.4, 0.5) is 0 Å². The van der Waals surface area contributed by atoms with E-state index in [2.05, 4.69) is 57.2 Å². The number of rotatable bonds is 67. The molecule has 0 aromatic heterocycles. The van der Waals surface area contributed by atoms with Crippen molar-refractivity contribution >= 4 is 17.9 Å². The van der Waals surface area contributed by atoms with E-state index in [0.717, 1.165) is 83.5 Å². The van der Waals surface area contributed by atoms with Crippen LogP contribution in [0.1, 0.15) is 400 Å². The second kappa shape index (κ2) is 69.1. The molecule has 0 aromatic rings. The predicted molar refractivity (Wildman–Crippen MR) is 349 cm³/mol. The van der Waals surface area contributed by atoms with E-state index in [1.165, 1.54) is 276 Å². The van der Waals surface area contributed by atoms with Gasteiger partial charge in [0.05, 0.1) is 0 Å². The molecule has 1 atom stereocenters. The minimum Gasteiger partial charge on any atom is -0.462 e. The Hall–Kier alpha value is -2.37. The molecule has 0 spiro atoms. The Labute approximate surface area is 499 Å². The van der Waals surface area contributed by atoms with Gasteiger partial charge in [0.1, 0.15) is 13.2 Å². The van der Waals surface area contributed by atoms with Crippen LogP contribution in [-0.2, 0) is 28.6 Å². The highest BCUT2D eigenvalue weighted by atomic mass is 16.6. The van der Waals surface area contributed by atoms with Gasteiger partial charge in [0, 0.05) is 19.3 Å². The van der Waals surface area contributed by atoms with Gasteiger partial charge in [-0.15, -0.1) is 0 Å². The summed E-state index contributed by atoms with van der Waals surface area (Å²) in [6.45, 7) is 6.58. The highest BCUT2D eigenvalue weighted by Gasteiger charge is 2.19. The molecular formula is C74H138O6. The van der Waals surface area contributed by atoms with Gasteiger partial charge >= 0.3 is 17.9 Å². The smallest absolute Gasteiger partial charge is 0.306 e. The molecule has 0 saturated carbocycles. The number of ether oxygens (including phenoxy) is 3. The van der Waals surface area contributed by atoms with Crippen molar-refractivity contribution in [3.63, 3.8) is 0 Å². The minimum absolute atomic E-state index is 0.0759. The molecule has 0 amide bonds. The van der Waals surface area contributed by atoms with Gasteiger partial charge in [0.25, 0.3) is 0 Å². The normalized spacial score (nSPS) is 12.2. The van der Waals surface area contributed by atoms with Crippen molar-refractivity contribution in [2.75, 3.05) is 13.2 Å². The van der Waals surface area contributed by atoms with Gasteiger partial charge < -0.3 is 14.2 Å². The zero-order chi connectivity index (χ0) is 57.8. The molecule has 1 unspecified atom stereocenters. The summed E-state index contributed by atoms with van der Waals surface area (Å²) in [6, 6.07) is 0. The molecule has 0 aliphatic rings. The zero-order valence-electron chi connectivity index (χ0n) is 54.1. The number of esters is 3. The van der Waals surface area contributed by atoms with Crippen LogP contribution in [-0.4, -0.2) is 37.2 Å². The second-order valence-corrected chi connectivity index (χ2v) is 24.5. The molecule has 0 aliphatic carbocycles. The molecule has 6 nitrogen and oxygen atoms in total. The van der Waals surface area contributed by atoms with Gasteiger partial charge in [-0.3, -0.25) is 14.4 Å². The van der Waals surface area contributed by atoms with Crippen molar-refractivity contribution in [1.29, 1.82) is 0 Å². The second-order valence-electron chi connectivity index (χ2n) is 24.5. The van der Waals surface area contributed by atoms with E-state index in [-0.39, 0.29) is 31.1 Å². The monoisotopic (exact) mass is 1120 g/mol. The lowest BCUT2D eigenvalue weighted by molar-refractivity contribution is -0.167. The van der Waals surface area contributed by atoms with Crippen LogP contribution in [0.5, 0.6) is 0 Å². The summed E-state index contributed by atoms with van der Waals surface area (Å²) in [5.41, 5.74) is 0. The SMILES string of the molecule is CC/C=C\C/C=C\C/C=C\CCCCCC(=O)OCC(COC(=O)CCCCCCCCCCCCCCCCCCCCCCCCCCCCCCCCCC)OC(=O)CCCCCCCCCCCCCCCCCCC. The molecular weight excluding hydrogens is 985 g/mol. The summed E-state index contributed by atoms with van der Waals surface area (Å²) in [5.74, 6) is -0.878. The first-order valence-corrected chi connectivity index (χ1v) is 36.0. The predicted octanol–water partition coefficient (Wildman–Crippen LogP) is 24.7. The van der Waals surface area contributed by atoms with Crippen LogP contribution in [0, 0.1) is 0 Å². The van der Waals surface area contributed by atoms with Crippen molar-refractivity contribution < 1.29 is 28.6 Å². The summed E-state index contributed by atoms with van der Waals surface area (Å²) in [5, 5.41) is 0. The molecule has 0 heterocycles. The fraction of sp³-hybridized carbons (Fsp3) is 0.878. The first kappa shape index (κ1) is 77.6. The van der Waals surface area contributed by atoms with Crippen LogP contribution in [0.2, 0.25) is 0 Å². The Kier molecular flexibility index (Phi) is 67.1. The Morgan fingerprint density at radius 1 is 0.263 bits per heavy atom. The van der Waals surface area contributed by atoms with Crippen LogP contribution in [0.3, 0.4) is 0 Å². The average molecular weight is 1120 g/mol. The maximum absolute atomic E-state index is 12.9. The summed E-state index contributed by atoms with van der Waals surface area (Å²) in [6.07, 6.45) is 86.3. The molecule has 80 heavy (non-hydrogen) atoms. The number of carbonyl (C=O) groups is 3. The molecule has 6 heteroatoms. The van der Waals surface area contributed by atoms with Gasteiger partial charge in [0.15, 0.2) is 6.10 Å². The van der Waals surface area contributed by atoms with E-state index in [0.29, 0.717) is 19.3 Å². The lowest BCUT2D eigenvalue weighted by Gasteiger charge is -2.18. The van der Waals surface area contributed by atoms with E-state index in [9.17, 15) is 14.4 Å². The van der Waals surface area contributed by atoms with Gasteiger partial charge in [-0.05, 0) is 51.4 Å². The molecule has 0 aliphatic heterocycles. The highest BCUT2D eigenvalue weighted by Crippen LogP contribution is 2.19. The Balaban J connectivity index is 4.11. The third kappa shape index (κ3) is 66.4. The highest BCUT2D eigenvalue weighted by molar-refractivity contribution is 5.71. The molecule has 0 fully saturated rings. The van der Waals surface area contributed by atoms with Gasteiger partial charge in [-0.2, -0.15) is 0 Å². The zero-order valence-corrected chi connectivity index (χ0v) is 54.1. The van der Waals surface area contributed by atoms with Gasteiger partial charge in [0.2, 0.25) is 0 Å². The third-order valence-electron chi connectivity index (χ3n) is 16.4. The topological polar surface area (TPSA) is 78.9 Å². The van der Waals surface area contributed by atoms with Crippen LogP contribution < -0.4 is 0 Å². The number of carbonyl (C=O) groups excluding carboxylic acids is 3. The molecule has 0 bridgehead atoms. The van der Waals surface area contributed by atoms with Crippen LogP contribution >= 0.6 is 0 Å². The quantitative estimate of drug-likeness (QED) is 0.0261. The number of unbranched alkanes of at least 4 members (excludes halogenated alkanes) is 50. The largest absolute Gasteiger partial charge is 0.462 e. The fourth-order valence-corrected chi connectivity index (χ4v) is 11.1. The Morgan fingerprint density at radius 3 is 0.762 bits per heavy atom. The molecule has 0 N–H and O–H groups in total. The van der Waals surface area contributed by atoms with Crippen LogP contribution in [0.25, 0.3) is 0 Å². The molecule has 0 rings (SSSR count). The van der Waals surface area contributed by atoms with Crippen molar-refractivity contribution in [2.24, 2.45) is 0 Å². The van der Waals surface area contributed by atoms with Gasteiger partial charge in [-0.1, -0.05) is 365 Å². The summed E-state index contributed by atoms with van der Waals surface area (Å²) in [7, 11) is 0. The van der Waals surface area contributed by atoms with E-state index in [1.807, 2.05) is 0 Å². The number of hydrogen-bond acceptors (Lipinski definition) is 6. The van der Waals surface area contributed by atoms with E-state index in [1.54, 1.807) is 0 Å². The first-order chi connectivity index (χ1) is 39.5. The number of allylic oxidation sites excluding steroid dienone is 6. The summed E-state index contributed by atoms with van der Waals surface area (Å²) in [4.78, 5) is 38.3. The Morgan fingerprint density at radius 2 is 0.487 bits per heavy atom. The maximum Gasteiger partial charge on any atom is 0.306 e. The standard InChI is InChI=1S/C74H138O6/c1-4-7-10-13-16-19-22-25-27-29-30-31-32-33-34-35-36-37-38-39-40-41-42-43-45-46-49-52-55-58-61-64-67-73(76)79-70-71(69-78-72(75)66-63-60-57-54-51-48-24-21-18-15-12-9-6-3)80-74(77)68-65-62-59-56-53-50-47-44-28-26-23-20-17-14-11-8-5-2/h9,12,18,21,48,51,71H,4-8,10-11,13-17,19-20,22-47,49-50,52-70H2,1-3H3/b12-9-,21-18-,51-48-. The van der Waals surface area contributed by atoms with Gasteiger partial charge in [-0.25, -0.2) is 0 Å². The van der Waals surface area contributed by atoms with Crippen LogP contribution in [0.15, 0.2) is 36.5 Å². The molecule has 0 aromatic carbocycles. The Bertz CT molecular complexity index is 1340. The number of hydrogen-bond donors (Lipinski definition) is 0. The molecule has 0 radical (unpaired) electrons. The maximum atomic E-state index is 12.9. The van der Waals surface area contributed by atoms with E-state index < -0.39 is 6.10 Å². The average Bonchev–Trinajstić information content (AvgIpc) is 3.46. The van der Waals surface area contributed by atoms with Crippen molar-refractivity contribution in [3.8, 4) is 0 Å².